The van der Waals surface area contributed by atoms with Gasteiger partial charge >= 0.3 is 0 Å². The number of para-hydroxylation sites is 2. The fourth-order valence-corrected chi connectivity index (χ4v) is 4.60. The van der Waals surface area contributed by atoms with Gasteiger partial charge in [0.25, 0.3) is 5.82 Å². The second-order valence-electron chi connectivity index (χ2n) is 7.71. The Bertz CT molecular complexity index is 1110. The summed E-state index contributed by atoms with van der Waals surface area (Å²) < 4.78 is 6.03. The molecule has 2 aromatic heterocycles. The molecule has 0 spiro atoms. The minimum absolute atomic E-state index is 0.0319. The van der Waals surface area contributed by atoms with Crippen LogP contribution in [0.25, 0.3) is 32.6 Å². The molecule has 0 N–H and O–H groups in total. The van der Waals surface area contributed by atoms with Crippen LogP contribution in [0.2, 0.25) is 0 Å². The fraction of sp³-hybridized carbons (Fsp3) is 0.333. The summed E-state index contributed by atoms with van der Waals surface area (Å²) >= 11 is 1.77. The van der Waals surface area contributed by atoms with Crippen molar-refractivity contribution in [3.63, 3.8) is 0 Å². The summed E-state index contributed by atoms with van der Waals surface area (Å²) in [6.07, 6.45) is 0. The van der Waals surface area contributed by atoms with Crippen LogP contribution < -0.4 is 4.57 Å². The van der Waals surface area contributed by atoms with E-state index < -0.39 is 0 Å². The molecule has 0 unspecified atom stereocenters. The Kier molecular flexibility index (Phi) is 3.51. The molecule has 2 aromatic carbocycles. The molecule has 0 saturated heterocycles. The van der Waals surface area contributed by atoms with E-state index in [9.17, 15) is 0 Å². The molecular weight excluding hydrogens is 326 g/mol. The van der Waals surface area contributed by atoms with Gasteiger partial charge in [0.2, 0.25) is 0 Å². The standard InChI is InChI=1S/C21H24N3S/c1-13-11-12-17-19(22-14(2)25-17)18(13)20-23(6)15-9-7-8-10-16(15)24(20)21(3,4)5/h7-12H,1-6H3/q+1. The Morgan fingerprint density at radius 3 is 2.48 bits per heavy atom. The SMILES string of the molecule is Cc1nc2c(-c3n(C(C)(C)C)c4ccccc4[n+]3C)c(C)ccc2s1. The fourth-order valence-electron chi connectivity index (χ4n) is 3.76. The third kappa shape index (κ3) is 2.39. The van der Waals surface area contributed by atoms with Gasteiger partial charge in [0, 0.05) is 0 Å². The van der Waals surface area contributed by atoms with Gasteiger partial charge in [-0.15, -0.1) is 11.3 Å². The monoisotopic (exact) mass is 350 g/mol. The van der Waals surface area contributed by atoms with Crippen molar-refractivity contribution in [2.75, 3.05) is 0 Å². The lowest BCUT2D eigenvalue weighted by molar-refractivity contribution is -0.634. The number of hydrogen-bond acceptors (Lipinski definition) is 2. The molecule has 0 atom stereocenters. The third-order valence-electron chi connectivity index (χ3n) is 4.78. The number of aryl methyl sites for hydroxylation is 3. The van der Waals surface area contributed by atoms with Crippen molar-refractivity contribution >= 4 is 32.6 Å². The van der Waals surface area contributed by atoms with E-state index >= 15 is 0 Å². The zero-order valence-corrected chi connectivity index (χ0v) is 16.5. The number of nitrogens with zero attached hydrogens (tertiary/aromatic N) is 3. The van der Waals surface area contributed by atoms with E-state index in [4.69, 9.17) is 4.98 Å². The van der Waals surface area contributed by atoms with Gasteiger partial charge in [-0.1, -0.05) is 18.2 Å². The first kappa shape index (κ1) is 16.3. The van der Waals surface area contributed by atoms with Crippen LogP contribution in [0.1, 0.15) is 31.3 Å². The number of hydrogen-bond donors (Lipinski definition) is 0. The lowest BCUT2D eigenvalue weighted by atomic mass is 10.0. The topological polar surface area (TPSA) is 21.7 Å². The first-order valence-electron chi connectivity index (χ1n) is 8.66. The molecular formula is C21H24N3S+. The summed E-state index contributed by atoms with van der Waals surface area (Å²) in [6.45, 7) is 11.1. The molecule has 4 rings (SSSR count). The van der Waals surface area contributed by atoms with E-state index in [1.807, 2.05) is 0 Å². The molecule has 3 nitrogen and oxygen atoms in total. The van der Waals surface area contributed by atoms with Crippen molar-refractivity contribution in [3.8, 4) is 11.4 Å². The molecule has 0 aliphatic rings. The number of aromatic nitrogens is 3. The van der Waals surface area contributed by atoms with E-state index in [1.165, 1.54) is 32.7 Å². The van der Waals surface area contributed by atoms with E-state index in [2.05, 4.69) is 87.2 Å². The number of benzene rings is 2. The Hall–Kier alpha value is -2.20. The zero-order chi connectivity index (χ0) is 17.9. The van der Waals surface area contributed by atoms with Crippen molar-refractivity contribution in [2.24, 2.45) is 7.05 Å². The summed E-state index contributed by atoms with van der Waals surface area (Å²) in [4.78, 5) is 4.88. The largest absolute Gasteiger partial charge is 0.292 e. The van der Waals surface area contributed by atoms with Gasteiger partial charge in [-0.25, -0.2) is 14.1 Å². The molecule has 25 heavy (non-hydrogen) atoms. The van der Waals surface area contributed by atoms with E-state index in [1.54, 1.807) is 11.3 Å². The highest BCUT2D eigenvalue weighted by molar-refractivity contribution is 7.18. The second kappa shape index (κ2) is 5.40. The predicted octanol–water partition coefficient (Wildman–Crippen LogP) is 5.11. The predicted molar refractivity (Wildman–Crippen MR) is 106 cm³/mol. The molecule has 0 amide bonds. The van der Waals surface area contributed by atoms with Gasteiger partial charge in [-0.2, -0.15) is 0 Å². The molecule has 0 bridgehead atoms. The Morgan fingerprint density at radius 1 is 1.04 bits per heavy atom. The molecule has 128 valence electrons. The lowest BCUT2D eigenvalue weighted by Gasteiger charge is -2.19. The van der Waals surface area contributed by atoms with Crippen LogP contribution in [0.5, 0.6) is 0 Å². The average molecular weight is 351 g/mol. The maximum absolute atomic E-state index is 4.88. The van der Waals surface area contributed by atoms with Gasteiger partial charge in [0.05, 0.1) is 27.8 Å². The highest BCUT2D eigenvalue weighted by Gasteiger charge is 2.34. The van der Waals surface area contributed by atoms with Crippen LogP contribution in [-0.2, 0) is 12.6 Å². The number of fused-ring (bicyclic) bond motifs is 2. The lowest BCUT2D eigenvalue weighted by Crippen LogP contribution is -2.33. The summed E-state index contributed by atoms with van der Waals surface area (Å²) in [7, 11) is 2.16. The normalized spacial score (nSPS) is 12.4. The van der Waals surface area contributed by atoms with Crippen LogP contribution in [0, 0.1) is 13.8 Å². The van der Waals surface area contributed by atoms with Crippen molar-refractivity contribution < 1.29 is 4.57 Å². The molecule has 2 heterocycles. The Morgan fingerprint density at radius 2 is 1.76 bits per heavy atom. The van der Waals surface area contributed by atoms with Crippen LogP contribution >= 0.6 is 11.3 Å². The van der Waals surface area contributed by atoms with Crippen molar-refractivity contribution in [1.29, 1.82) is 0 Å². The average Bonchev–Trinajstić information content (AvgIpc) is 3.05. The van der Waals surface area contributed by atoms with Gasteiger partial charge in [0.15, 0.2) is 11.0 Å². The van der Waals surface area contributed by atoms with Gasteiger partial charge in [-0.05, 0) is 58.4 Å². The van der Waals surface area contributed by atoms with Crippen molar-refractivity contribution in [2.45, 2.75) is 40.2 Å². The Labute approximate surface area is 152 Å². The molecule has 0 fully saturated rings. The maximum Gasteiger partial charge on any atom is 0.292 e. The summed E-state index contributed by atoms with van der Waals surface area (Å²) in [5.74, 6) is 1.22. The molecule has 0 aliphatic carbocycles. The van der Waals surface area contributed by atoms with E-state index in [-0.39, 0.29) is 5.54 Å². The number of rotatable bonds is 1. The second-order valence-corrected chi connectivity index (χ2v) is 8.95. The summed E-state index contributed by atoms with van der Waals surface area (Å²) in [5.41, 5.74) is 6.10. The molecule has 0 aliphatic heterocycles. The van der Waals surface area contributed by atoms with Crippen molar-refractivity contribution in [3.05, 3.63) is 47.0 Å². The molecule has 4 heteroatoms. The molecule has 0 radical (unpaired) electrons. The smallest absolute Gasteiger partial charge is 0.241 e. The highest BCUT2D eigenvalue weighted by atomic mass is 32.1. The van der Waals surface area contributed by atoms with Gasteiger partial charge < -0.3 is 0 Å². The van der Waals surface area contributed by atoms with Crippen molar-refractivity contribution in [1.82, 2.24) is 9.55 Å². The van der Waals surface area contributed by atoms with Crippen LogP contribution in [-0.4, -0.2) is 9.55 Å². The molecule has 0 saturated carbocycles. The first-order valence-corrected chi connectivity index (χ1v) is 9.48. The summed E-state index contributed by atoms with van der Waals surface area (Å²) in [5, 5.41) is 1.11. The quantitative estimate of drug-likeness (QED) is 0.437. The maximum atomic E-state index is 4.88. The van der Waals surface area contributed by atoms with Gasteiger partial charge in [-0.3, -0.25) is 0 Å². The Balaban J connectivity index is 2.23. The molecule has 4 aromatic rings. The van der Waals surface area contributed by atoms with Crippen LogP contribution in [0.3, 0.4) is 0 Å². The van der Waals surface area contributed by atoms with E-state index in [0.29, 0.717) is 0 Å². The van der Waals surface area contributed by atoms with Crippen LogP contribution in [0.15, 0.2) is 36.4 Å². The minimum Gasteiger partial charge on any atom is -0.241 e. The zero-order valence-electron chi connectivity index (χ0n) is 15.7. The highest BCUT2D eigenvalue weighted by Crippen LogP contribution is 2.37. The first-order chi connectivity index (χ1) is 11.8. The summed E-state index contributed by atoms with van der Waals surface area (Å²) in [6, 6.07) is 13.1. The number of thiazole rings is 1. The van der Waals surface area contributed by atoms with Crippen LogP contribution in [0.4, 0.5) is 0 Å². The number of imidazole rings is 1. The third-order valence-corrected chi connectivity index (χ3v) is 5.72. The minimum atomic E-state index is -0.0319. The van der Waals surface area contributed by atoms with Gasteiger partial charge in [0.1, 0.15) is 5.54 Å². The van der Waals surface area contributed by atoms with E-state index in [0.717, 1.165) is 10.5 Å².